The van der Waals surface area contributed by atoms with Crippen molar-refractivity contribution in [3.63, 3.8) is 0 Å². The molecule has 1 saturated carbocycles. The fraction of sp³-hybridized carbons (Fsp3) is 0.474. The van der Waals surface area contributed by atoms with Crippen LogP contribution in [0, 0.1) is 0 Å². The van der Waals surface area contributed by atoms with Crippen molar-refractivity contribution in [1.82, 2.24) is 5.32 Å². The first kappa shape index (κ1) is 18.5. The van der Waals surface area contributed by atoms with Gasteiger partial charge in [-0.05, 0) is 60.4 Å². The maximum atomic E-state index is 6.24. The van der Waals surface area contributed by atoms with Gasteiger partial charge < -0.3 is 5.32 Å². The summed E-state index contributed by atoms with van der Waals surface area (Å²) in [6.07, 6.45) is 7.82. The lowest BCUT2D eigenvalue weighted by atomic mass is 9.82. The lowest BCUT2D eigenvalue weighted by molar-refractivity contribution is 0.389. The SMILES string of the molecule is Cl.Clc1ccc(C2CCC(NC3CCCC3)c3ccsc32)cc1Cl. The molecule has 1 nitrogen and oxygen atoms in total. The Labute approximate surface area is 164 Å². The van der Waals surface area contributed by atoms with Crippen molar-refractivity contribution >= 4 is 46.9 Å². The molecule has 0 radical (unpaired) electrons. The van der Waals surface area contributed by atoms with Crippen LogP contribution >= 0.6 is 46.9 Å². The van der Waals surface area contributed by atoms with Crippen molar-refractivity contribution in [3.8, 4) is 0 Å². The van der Waals surface area contributed by atoms with Gasteiger partial charge in [-0.15, -0.1) is 23.7 Å². The molecule has 0 bridgehead atoms. The van der Waals surface area contributed by atoms with Gasteiger partial charge in [0, 0.05) is 22.9 Å². The third-order valence-corrected chi connectivity index (χ3v) is 7.09. The number of benzene rings is 1. The Morgan fingerprint density at radius 1 is 0.958 bits per heavy atom. The van der Waals surface area contributed by atoms with E-state index in [2.05, 4.69) is 22.8 Å². The molecule has 1 aromatic carbocycles. The number of thiophene rings is 1. The Hall–Kier alpha value is -0.250. The smallest absolute Gasteiger partial charge is 0.0595 e. The first-order chi connectivity index (χ1) is 11.2. The van der Waals surface area contributed by atoms with Gasteiger partial charge in [-0.3, -0.25) is 0 Å². The molecule has 2 atom stereocenters. The van der Waals surface area contributed by atoms with E-state index in [1.807, 2.05) is 23.5 Å². The minimum atomic E-state index is 0. The normalized spacial score (nSPS) is 23.8. The standard InChI is InChI=1S/C19H21Cl2NS.ClH/c20-16-7-5-12(11-17(16)21)14-6-8-18(15-9-10-23-19(14)15)22-13-3-1-2-4-13;/h5,7,9-11,13-14,18,22H,1-4,6,8H2;1H. The van der Waals surface area contributed by atoms with Crippen LogP contribution in [0.4, 0.5) is 0 Å². The average molecular weight is 403 g/mol. The number of fused-ring (bicyclic) bond motifs is 1. The molecule has 0 amide bonds. The molecular weight excluding hydrogens is 381 g/mol. The number of halogens is 3. The van der Waals surface area contributed by atoms with E-state index in [9.17, 15) is 0 Å². The predicted octanol–water partition coefficient (Wildman–Crippen LogP) is 6.98. The van der Waals surface area contributed by atoms with Crippen molar-refractivity contribution in [2.45, 2.75) is 56.5 Å². The molecule has 1 heterocycles. The molecule has 2 aliphatic rings. The van der Waals surface area contributed by atoms with Crippen LogP contribution in [-0.2, 0) is 0 Å². The summed E-state index contributed by atoms with van der Waals surface area (Å²) >= 11 is 14.2. The van der Waals surface area contributed by atoms with Crippen molar-refractivity contribution < 1.29 is 0 Å². The highest BCUT2D eigenvalue weighted by Crippen LogP contribution is 2.45. The number of nitrogens with one attached hydrogen (secondary N) is 1. The topological polar surface area (TPSA) is 12.0 Å². The highest BCUT2D eigenvalue weighted by Gasteiger charge is 2.31. The van der Waals surface area contributed by atoms with Crippen molar-refractivity contribution in [3.05, 3.63) is 55.7 Å². The molecule has 1 aromatic heterocycles. The summed E-state index contributed by atoms with van der Waals surface area (Å²) in [5, 5.41) is 7.45. The third kappa shape index (κ3) is 3.64. The van der Waals surface area contributed by atoms with Crippen LogP contribution in [0.3, 0.4) is 0 Å². The number of rotatable bonds is 3. The first-order valence-corrected chi connectivity index (χ1v) is 10.1. The lowest BCUT2D eigenvalue weighted by Gasteiger charge is -2.32. The van der Waals surface area contributed by atoms with Crippen molar-refractivity contribution in [2.75, 3.05) is 0 Å². The van der Waals surface area contributed by atoms with E-state index in [4.69, 9.17) is 23.2 Å². The molecule has 0 aliphatic heterocycles. The molecule has 130 valence electrons. The van der Waals surface area contributed by atoms with Crippen LogP contribution in [0.25, 0.3) is 0 Å². The highest BCUT2D eigenvalue weighted by molar-refractivity contribution is 7.10. The van der Waals surface area contributed by atoms with E-state index >= 15 is 0 Å². The molecule has 1 fully saturated rings. The Kier molecular flexibility index (Phi) is 6.16. The van der Waals surface area contributed by atoms with Crippen LogP contribution in [0.15, 0.2) is 29.6 Å². The summed E-state index contributed by atoms with van der Waals surface area (Å²) in [5.74, 6) is 0.460. The zero-order chi connectivity index (χ0) is 15.8. The van der Waals surface area contributed by atoms with E-state index < -0.39 is 0 Å². The van der Waals surface area contributed by atoms with Gasteiger partial charge >= 0.3 is 0 Å². The largest absolute Gasteiger partial charge is 0.307 e. The lowest BCUT2D eigenvalue weighted by Crippen LogP contribution is -2.33. The summed E-state index contributed by atoms with van der Waals surface area (Å²) in [7, 11) is 0. The van der Waals surface area contributed by atoms with Crippen molar-refractivity contribution in [2.24, 2.45) is 0 Å². The highest BCUT2D eigenvalue weighted by atomic mass is 35.5. The van der Waals surface area contributed by atoms with Gasteiger partial charge in [0.25, 0.3) is 0 Å². The van der Waals surface area contributed by atoms with Crippen LogP contribution in [0.2, 0.25) is 10.0 Å². The van der Waals surface area contributed by atoms with E-state index in [0.717, 1.165) is 0 Å². The first-order valence-electron chi connectivity index (χ1n) is 8.50. The molecule has 4 rings (SSSR count). The van der Waals surface area contributed by atoms with E-state index in [0.29, 0.717) is 28.0 Å². The monoisotopic (exact) mass is 401 g/mol. The van der Waals surface area contributed by atoms with Crippen LogP contribution in [0.1, 0.15) is 66.5 Å². The molecule has 1 N–H and O–H groups in total. The fourth-order valence-electron chi connectivity index (χ4n) is 4.12. The van der Waals surface area contributed by atoms with E-state index in [-0.39, 0.29) is 12.4 Å². The minimum Gasteiger partial charge on any atom is -0.307 e. The Balaban J connectivity index is 0.00000169. The summed E-state index contributed by atoms with van der Waals surface area (Å²) in [6, 6.07) is 9.66. The summed E-state index contributed by atoms with van der Waals surface area (Å²) < 4.78 is 0. The second kappa shape index (κ2) is 7.97. The zero-order valence-corrected chi connectivity index (χ0v) is 16.6. The van der Waals surface area contributed by atoms with E-state index in [1.165, 1.54) is 54.5 Å². The predicted molar refractivity (Wildman–Crippen MR) is 107 cm³/mol. The molecule has 2 aliphatic carbocycles. The average Bonchev–Trinajstić information content (AvgIpc) is 3.22. The fourth-order valence-corrected chi connectivity index (χ4v) is 5.55. The molecular formula is C19H22Cl3NS. The zero-order valence-electron chi connectivity index (χ0n) is 13.4. The van der Waals surface area contributed by atoms with E-state index in [1.54, 1.807) is 0 Å². The third-order valence-electron chi connectivity index (χ3n) is 5.30. The molecule has 0 spiro atoms. The Bertz CT molecular complexity index is 694. The quantitative estimate of drug-likeness (QED) is 0.584. The van der Waals surface area contributed by atoms with Gasteiger partial charge in [0.15, 0.2) is 0 Å². The molecule has 0 saturated heterocycles. The van der Waals surface area contributed by atoms with Gasteiger partial charge in [-0.25, -0.2) is 0 Å². The van der Waals surface area contributed by atoms with Gasteiger partial charge in [0.05, 0.1) is 10.0 Å². The van der Waals surface area contributed by atoms with Crippen LogP contribution in [0.5, 0.6) is 0 Å². The second-order valence-electron chi connectivity index (χ2n) is 6.74. The summed E-state index contributed by atoms with van der Waals surface area (Å²) in [6.45, 7) is 0. The minimum absolute atomic E-state index is 0. The molecule has 24 heavy (non-hydrogen) atoms. The van der Waals surface area contributed by atoms with Crippen LogP contribution in [-0.4, -0.2) is 6.04 Å². The summed E-state index contributed by atoms with van der Waals surface area (Å²) in [4.78, 5) is 1.50. The molecule has 5 heteroatoms. The summed E-state index contributed by atoms with van der Waals surface area (Å²) in [5.41, 5.74) is 2.80. The Morgan fingerprint density at radius 3 is 2.50 bits per heavy atom. The van der Waals surface area contributed by atoms with Gasteiger partial charge in [0.2, 0.25) is 0 Å². The van der Waals surface area contributed by atoms with Crippen molar-refractivity contribution in [1.29, 1.82) is 0 Å². The maximum absolute atomic E-state index is 6.24. The van der Waals surface area contributed by atoms with Gasteiger partial charge in [-0.2, -0.15) is 0 Å². The maximum Gasteiger partial charge on any atom is 0.0595 e. The second-order valence-corrected chi connectivity index (χ2v) is 8.51. The number of hydrogen-bond acceptors (Lipinski definition) is 2. The molecule has 2 aromatic rings. The Morgan fingerprint density at radius 2 is 1.75 bits per heavy atom. The van der Waals surface area contributed by atoms with Crippen LogP contribution < -0.4 is 5.32 Å². The van der Waals surface area contributed by atoms with Gasteiger partial charge in [-0.1, -0.05) is 42.1 Å². The molecule has 2 unspecified atom stereocenters. The number of hydrogen-bond donors (Lipinski definition) is 1. The van der Waals surface area contributed by atoms with Gasteiger partial charge in [0.1, 0.15) is 0 Å².